The summed E-state index contributed by atoms with van der Waals surface area (Å²) in [7, 11) is 0. The minimum absolute atomic E-state index is 0.0834. The highest BCUT2D eigenvalue weighted by Gasteiger charge is 2.19. The van der Waals surface area contributed by atoms with Crippen LogP contribution >= 0.6 is 0 Å². The highest BCUT2D eigenvalue weighted by molar-refractivity contribution is 5.71. The van der Waals surface area contributed by atoms with Gasteiger partial charge in [-0.1, -0.05) is 268 Å². The summed E-state index contributed by atoms with van der Waals surface area (Å²) in [5.74, 6) is -0.896. The van der Waals surface area contributed by atoms with Crippen molar-refractivity contribution < 1.29 is 28.6 Å². The van der Waals surface area contributed by atoms with E-state index in [1.165, 1.54) is 161 Å². The molecule has 1 unspecified atom stereocenters. The summed E-state index contributed by atoms with van der Waals surface area (Å²) in [4.78, 5) is 38.2. The van der Waals surface area contributed by atoms with Crippen LogP contribution in [0.3, 0.4) is 0 Å². The molecule has 0 saturated carbocycles. The van der Waals surface area contributed by atoms with Gasteiger partial charge in [-0.05, 0) is 64.2 Å². The molecule has 0 aromatic heterocycles. The van der Waals surface area contributed by atoms with E-state index < -0.39 is 6.10 Å². The van der Waals surface area contributed by atoms with E-state index in [0.717, 1.165) is 89.9 Å². The van der Waals surface area contributed by atoms with Crippen molar-refractivity contribution in [3.05, 3.63) is 60.8 Å². The normalized spacial score (nSPS) is 12.5. The number of carbonyl (C=O) groups is 3. The number of unbranched alkanes of at least 4 members (excludes halogenated alkanes) is 34. The average molecular weight is 938 g/mol. The molecule has 0 spiro atoms. The van der Waals surface area contributed by atoms with Crippen LogP contribution in [0.25, 0.3) is 0 Å². The minimum atomic E-state index is -0.784. The number of carbonyl (C=O) groups excluding carboxylic acids is 3. The Morgan fingerprint density at radius 2 is 0.582 bits per heavy atom. The lowest BCUT2D eigenvalue weighted by molar-refractivity contribution is -0.167. The Kier molecular flexibility index (Phi) is 53.3. The van der Waals surface area contributed by atoms with E-state index in [1.807, 2.05) is 0 Å². The number of allylic oxidation sites excluding steroid dienone is 10. The molecule has 6 heteroatoms. The summed E-state index contributed by atoms with van der Waals surface area (Å²) in [6, 6.07) is 0. The van der Waals surface area contributed by atoms with Crippen LogP contribution < -0.4 is 0 Å². The molecule has 388 valence electrons. The molecule has 0 bridgehead atoms. The van der Waals surface area contributed by atoms with Crippen LogP contribution in [0.5, 0.6) is 0 Å². The quantitative estimate of drug-likeness (QED) is 0.0262. The van der Waals surface area contributed by atoms with Gasteiger partial charge in [-0.3, -0.25) is 14.4 Å². The van der Waals surface area contributed by atoms with Gasteiger partial charge in [-0.25, -0.2) is 0 Å². The molecular weight excluding hydrogens is 829 g/mol. The zero-order valence-electron chi connectivity index (χ0n) is 44.4. The molecule has 0 radical (unpaired) electrons. The first-order valence-corrected chi connectivity index (χ1v) is 28.8. The van der Waals surface area contributed by atoms with Crippen molar-refractivity contribution in [1.82, 2.24) is 0 Å². The second-order valence-corrected chi connectivity index (χ2v) is 19.3. The molecule has 67 heavy (non-hydrogen) atoms. The monoisotopic (exact) mass is 937 g/mol. The number of esters is 3. The molecule has 0 heterocycles. The molecule has 0 aliphatic heterocycles. The SMILES string of the molecule is CC\C=C/C=C\C=C/CCCCCCCCCC(=O)OCC(COC(=O)CCCCCCC/C=C\C=C/CCCCCCCCC)OC(=O)CCCCCCCCCCCCCCCCCC. The van der Waals surface area contributed by atoms with Crippen LogP contribution in [0.4, 0.5) is 0 Å². The first-order chi connectivity index (χ1) is 33.0. The highest BCUT2D eigenvalue weighted by atomic mass is 16.6. The second kappa shape index (κ2) is 55.7. The topological polar surface area (TPSA) is 78.9 Å². The molecule has 0 saturated heterocycles. The van der Waals surface area contributed by atoms with Gasteiger partial charge in [-0.15, -0.1) is 0 Å². The maximum Gasteiger partial charge on any atom is 0.306 e. The van der Waals surface area contributed by atoms with Crippen molar-refractivity contribution >= 4 is 17.9 Å². The van der Waals surface area contributed by atoms with Crippen molar-refractivity contribution in [3.8, 4) is 0 Å². The fourth-order valence-electron chi connectivity index (χ4n) is 8.26. The van der Waals surface area contributed by atoms with Gasteiger partial charge in [0.05, 0.1) is 0 Å². The van der Waals surface area contributed by atoms with Gasteiger partial charge in [-0.2, -0.15) is 0 Å². The van der Waals surface area contributed by atoms with Gasteiger partial charge in [0.2, 0.25) is 0 Å². The number of hydrogen-bond acceptors (Lipinski definition) is 6. The Morgan fingerprint density at radius 3 is 0.910 bits per heavy atom. The summed E-state index contributed by atoms with van der Waals surface area (Å²) < 4.78 is 16.9. The summed E-state index contributed by atoms with van der Waals surface area (Å²) in [6.45, 7) is 6.51. The molecule has 0 aliphatic rings. The van der Waals surface area contributed by atoms with Gasteiger partial charge >= 0.3 is 17.9 Å². The first kappa shape index (κ1) is 64.1. The molecule has 0 rings (SSSR count). The lowest BCUT2D eigenvalue weighted by Gasteiger charge is -2.18. The Bertz CT molecular complexity index is 1210. The summed E-state index contributed by atoms with van der Waals surface area (Å²) >= 11 is 0. The van der Waals surface area contributed by atoms with Crippen molar-refractivity contribution in [2.24, 2.45) is 0 Å². The largest absolute Gasteiger partial charge is 0.462 e. The Morgan fingerprint density at radius 1 is 0.313 bits per heavy atom. The zero-order chi connectivity index (χ0) is 48.6. The van der Waals surface area contributed by atoms with Crippen molar-refractivity contribution in [2.75, 3.05) is 13.2 Å². The predicted octanol–water partition coefficient (Wildman–Crippen LogP) is 19.2. The van der Waals surface area contributed by atoms with E-state index >= 15 is 0 Å². The Labute approximate surface area is 415 Å². The lowest BCUT2D eigenvalue weighted by atomic mass is 10.0. The molecule has 0 aliphatic carbocycles. The van der Waals surface area contributed by atoms with Gasteiger partial charge < -0.3 is 14.2 Å². The van der Waals surface area contributed by atoms with E-state index in [0.29, 0.717) is 19.3 Å². The third-order valence-electron chi connectivity index (χ3n) is 12.6. The van der Waals surface area contributed by atoms with Crippen molar-refractivity contribution in [3.63, 3.8) is 0 Å². The van der Waals surface area contributed by atoms with Crippen LogP contribution in [0.15, 0.2) is 60.8 Å². The average Bonchev–Trinajstić information content (AvgIpc) is 3.33. The van der Waals surface area contributed by atoms with E-state index in [4.69, 9.17) is 14.2 Å². The summed E-state index contributed by atoms with van der Waals surface area (Å²) in [5, 5.41) is 0. The lowest BCUT2D eigenvalue weighted by Crippen LogP contribution is -2.30. The summed E-state index contributed by atoms with van der Waals surface area (Å²) in [5.41, 5.74) is 0. The van der Waals surface area contributed by atoms with E-state index in [1.54, 1.807) is 0 Å². The third-order valence-corrected chi connectivity index (χ3v) is 12.6. The Balaban J connectivity index is 4.39. The van der Waals surface area contributed by atoms with E-state index in [-0.39, 0.29) is 31.1 Å². The standard InChI is InChI=1S/C61H108O6/c1-4-7-10-13-16-19-22-25-28-30-31-34-36-39-42-45-48-51-54-60(63)66-57-58(56-65-59(62)53-50-47-44-41-38-35-32-27-24-21-18-15-12-9-6-3)67-61(64)55-52-49-46-43-40-37-33-29-26-23-20-17-14-11-8-5-2/h9,12,15,18,21,24,28,30-31,34,58H,4-8,10-11,13-14,16-17,19-20,22-23,25-27,29,32-33,35-57H2,1-3H3/b12-9-,18-15-,24-21-,30-28-,34-31-. The fraction of sp³-hybridized carbons (Fsp3) is 0.787. The summed E-state index contributed by atoms with van der Waals surface area (Å²) in [6.07, 6.45) is 69.2. The molecule has 0 N–H and O–H groups in total. The molecule has 0 fully saturated rings. The van der Waals surface area contributed by atoms with E-state index in [9.17, 15) is 14.4 Å². The minimum Gasteiger partial charge on any atom is -0.462 e. The zero-order valence-corrected chi connectivity index (χ0v) is 44.4. The second-order valence-electron chi connectivity index (χ2n) is 19.3. The Hall–Kier alpha value is -2.89. The van der Waals surface area contributed by atoms with Crippen molar-refractivity contribution in [2.45, 2.75) is 297 Å². The third kappa shape index (κ3) is 53.9. The smallest absolute Gasteiger partial charge is 0.306 e. The maximum atomic E-state index is 12.9. The van der Waals surface area contributed by atoms with Gasteiger partial charge in [0.25, 0.3) is 0 Å². The number of hydrogen-bond donors (Lipinski definition) is 0. The van der Waals surface area contributed by atoms with Gasteiger partial charge in [0.15, 0.2) is 6.10 Å². The van der Waals surface area contributed by atoms with Crippen LogP contribution in [0.1, 0.15) is 290 Å². The molecule has 0 aromatic rings. The first-order valence-electron chi connectivity index (χ1n) is 28.8. The number of ether oxygens (including phenoxy) is 3. The molecule has 6 nitrogen and oxygen atoms in total. The fourth-order valence-corrected chi connectivity index (χ4v) is 8.26. The molecule has 0 amide bonds. The van der Waals surface area contributed by atoms with Crippen LogP contribution in [-0.4, -0.2) is 37.2 Å². The van der Waals surface area contributed by atoms with Crippen LogP contribution in [0, 0.1) is 0 Å². The maximum absolute atomic E-state index is 12.9. The van der Waals surface area contributed by atoms with Crippen LogP contribution in [0.2, 0.25) is 0 Å². The van der Waals surface area contributed by atoms with Gasteiger partial charge in [0.1, 0.15) is 13.2 Å². The van der Waals surface area contributed by atoms with Crippen LogP contribution in [-0.2, 0) is 28.6 Å². The van der Waals surface area contributed by atoms with E-state index in [2.05, 4.69) is 81.5 Å². The molecular formula is C61H108O6. The van der Waals surface area contributed by atoms with Gasteiger partial charge in [0, 0.05) is 19.3 Å². The number of rotatable bonds is 52. The van der Waals surface area contributed by atoms with Crippen molar-refractivity contribution in [1.29, 1.82) is 0 Å². The molecule has 0 aromatic carbocycles. The highest BCUT2D eigenvalue weighted by Crippen LogP contribution is 2.16. The molecule has 1 atom stereocenters. The predicted molar refractivity (Wildman–Crippen MR) is 288 cm³/mol.